The fourth-order valence-electron chi connectivity index (χ4n) is 2.82. The van der Waals surface area contributed by atoms with Crippen molar-refractivity contribution in [1.29, 1.82) is 0 Å². The van der Waals surface area contributed by atoms with Gasteiger partial charge in [-0.05, 0) is 30.5 Å². The fraction of sp³-hybridized carbons (Fsp3) is 0.400. The molecule has 20 heavy (non-hydrogen) atoms. The van der Waals surface area contributed by atoms with E-state index in [0.29, 0.717) is 12.5 Å². The van der Waals surface area contributed by atoms with Gasteiger partial charge in [-0.3, -0.25) is 9.48 Å². The Kier molecular flexibility index (Phi) is 2.28. The first kappa shape index (κ1) is 11.6. The number of benzene rings is 1. The molecule has 0 bridgehead atoms. The molecule has 1 aromatic heterocycles. The second-order valence-corrected chi connectivity index (χ2v) is 5.72. The van der Waals surface area contributed by atoms with Crippen molar-refractivity contribution in [3.8, 4) is 11.4 Å². The molecule has 4 rings (SSSR count). The summed E-state index contributed by atoms with van der Waals surface area (Å²) in [5, 5.41) is 4.51. The van der Waals surface area contributed by atoms with Gasteiger partial charge in [-0.25, -0.2) is 4.98 Å². The van der Waals surface area contributed by atoms with E-state index in [0.717, 1.165) is 28.3 Å². The van der Waals surface area contributed by atoms with Crippen LogP contribution in [0.1, 0.15) is 40.5 Å². The number of fused-ring (bicyclic) bond motifs is 1. The van der Waals surface area contributed by atoms with E-state index >= 15 is 0 Å². The molecule has 1 aliphatic heterocycles. The van der Waals surface area contributed by atoms with Crippen LogP contribution < -0.4 is 0 Å². The lowest BCUT2D eigenvalue weighted by Crippen LogP contribution is -2.17. The Labute approximate surface area is 117 Å². The van der Waals surface area contributed by atoms with Gasteiger partial charge in [0.05, 0.1) is 0 Å². The number of carbonyl (C=O) groups excluding carboxylic acids is 1. The molecule has 2 aromatic rings. The van der Waals surface area contributed by atoms with E-state index < -0.39 is 0 Å². The Morgan fingerprint density at radius 1 is 1.25 bits per heavy atom. The van der Waals surface area contributed by atoms with Gasteiger partial charge in [0.25, 0.3) is 5.91 Å². The summed E-state index contributed by atoms with van der Waals surface area (Å²) in [5.41, 5.74) is 2.86. The Balaban J connectivity index is 1.75. The van der Waals surface area contributed by atoms with Crippen molar-refractivity contribution in [3.05, 3.63) is 35.2 Å². The van der Waals surface area contributed by atoms with Gasteiger partial charge < -0.3 is 4.90 Å². The molecule has 2 heterocycles. The van der Waals surface area contributed by atoms with Crippen LogP contribution in [0.15, 0.2) is 18.2 Å². The van der Waals surface area contributed by atoms with E-state index in [4.69, 9.17) is 0 Å². The minimum absolute atomic E-state index is 0.0965. The summed E-state index contributed by atoms with van der Waals surface area (Å²) in [6.07, 6.45) is 2.44. The van der Waals surface area contributed by atoms with E-state index in [1.165, 1.54) is 12.8 Å². The number of nitrogens with zero attached hydrogens (tertiary/aromatic N) is 4. The smallest absolute Gasteiger partial charge is 0.254 e. The molecule has 0 spiro atoms. The zero-order valence-electron chi connectivity index (χ0n) is 11.6. The van der Waals surface area contributed by atoms with Crippen LogP contribution in [0.4, 0.5) is 0 Å². The van der Waals surface area contributed by atoms with Crippen LogP contribution in [-0.2, 0) is 13.6 Å². The molecule has 0 N–H and O–H groups in total. The molecular formula is C15H16N4O. The van der Waals surface area contributed by atoms with E-state index in [2.05, 4.69) is 10.1 Å². The second-order valence-electron chi connectivity index (χ2n) is 5.72. The van der Waals surface area contributed by atoms with Crippen LogP contribution in [0, 0.1) is 0 Å². The lowest BCUT2D eigenvalue weighted by atomic mass is 10.1. The van der Waals surface area contributed by atoms with Crippen molar-refractivity contribution < 1.29 is 4.79 Å². The molecule has 1 aliphatic carbocycles. The van der Waals surface area contributed by atoms with Crippen LogP contribution >= 0.6 is 0 Å². The second kappa shape index (κ2) is 3.91. The first-order chi connectivity index (χ1) is 9.63. The van der Waals surface area contributed by atoms with Crippen molar-refractivity contribution >= 4 is 5.91 Å². The minimum Gasteiger partial charge on any atom is -0.337 e. The molecular weight excluding hydrogens is 252 g/mol. The molecule has 102 valence electrons. The highest BCUT2D eigenvalue weighted by atomic mass is 16.2. The highest BCUT2D eigenvalue weighted by molar-refractivity contribution is 5.98. The number of aryl methyl sites for hydroxylation is 1. The zero-order valence-corrected chi connectivity index (χ0v) is 11.6. The molecule has 5 nitrogen and oxygen atoms in total. The van der Waals surface area contributed by atoms with Crippen molar-refractivity contribution in [2.75, 3.05) is 7.05 Å². The molecule has 2 aliphatic rings. The summed E-state index contributed by atoms with van der Waals surface area (Å²) in [6, 6.07) is 5.88. The summed E-state index contributed by atoms with van der Waals surface area (Å²) in [4.78, 5) is 18.3. The average molecular weight is 268 g/mol. The quantitative estimate of drug-likeness (QED) is 0.836. The third-order valence-electron chi connectivity index (χ3n) is 4.09. The first-order valence-electron chi connectivity index (χ1n) is 6.93. The minimum atomic E-state index is 0.0965. The Bertz CT molecular complexity index is 715. The number of carbonyl (C=O) groups is 1. The molecule has 1 amide bonds. The topological polar surface area (TPSA) is 51.0 Å². The third kappa shape index (κ3) is 1.66. The van der Waals surface area contributed by atoms with E-state index in [1.807, 2.05) is 37.0 Å². The number of aromatic nitrogens is 3. The summed E-state index contributed by atoms with van der Waals surface area (Å²) in [5.74, 6) is 2.52. The molecule has 0 atom stereocenters. The SMILES string of the molecule is CN1Cc2cc(-c3nc(C4CC4)n(C)n3)ccc2C1=O. The van der Waals surface area contributed by atoms with Gasteiger partial charge in [0.2, 0.25) is 0 Å². The highest BCUT2D eigenvalue weighted by Gasteiger charge is 2.29. The normalized spacial score (nSPS) is 17.7. The van der Waals surface area contributed by atoms with Gasteiger partial charge in [-0.2, -0.15) is 5.10 Å². The summed E-state index contributed by atoms with van der Waals surface area (Å²) < 4.78 is 1.89. The summed E-state index contributed by atoms with van der Waals surface area (Å²) >= 11 is 0. The van der Waals surface area contributed by atoms with E-state index in [1.54, 1.807) is 4.90 Å². The summed E-state index contributed by atoms with van der Waals surface area (Å²) in [7, 11) is 3.78. The van der Waals surface area contributed by atoms with Crippen molar-refractivity contribution in [3.63, 3.8) is 0 Å². The molecule has 5 heteroatoms. The van der Waals surface area contributed by atoms with E-state index in [-0.39, 0.29) is 5.91 Å². The maximum absolute atomic E-state index is 11.9. The van der Waals surface area contributed by atoms with Gasteiger partial charge in [-0.1, -0.05) is 6.07 Å². The lowest BCUT2D eigenvalue weighted by Gasteiger charge is -2.04. The number of hydrogen-bond donors (Lipinski definition) is 0. The van der Waals surface area contributed by atoms with Gasteiger partial charge in [0, 0.05) is 37.7 Å². The molecule has 1 fully saturated rings. The van der Waals surface area contributed by atoms with Crippen molar-refractivity contribution in [1.82, 2.24) is 19.7 Å². The standard InChI is InChI=1S/C15H16N4O/c1-18-8-11-7-10(5-6-12(11)15(18)20)13-16-14(9-3-4-9)19(2)17-13/h5-7,9H,3-4,8H2,1-2H3. The van der Waals surface area contributed by atoms with Gasteiger partial charge in [0.15, 0.2) is 5.82 Å². The third-order valence-corrected chi connectivity index (χ3v) is 4.09. The molecule has 0 radical (unpaired) electrons. The maximum atomic E-state index is 11.9. The van der Waals surface area contributed by atoms with Gasteiger partial charge in [0.1, 0.15) is 5.82 Å². The van der Waals surface area contributed by atoms with Crippen molar-refractivity contribution in [2.24, 2.45) is 7.05 Å². The number of hydrogen-bond acceptors (Lipinski definition) is 3. The fourth-order valence-corrected chi connectivity index (χ4v) is 2.82. The van der Waals surface area contributed by atoms with Crippen LogP contribution in [-0.4, -0.2) is 32.6 Å². The molecule has 1 saturated carbocycles. The highest BCUT2D eigenvalue weighted by Crippen LogP contribution is 2.39. The van der Waals surface area contributed by atoms with Crippen LogP contribution in [0.3, 0.4) is 0 Å². The van der Waals surface area contributed by atoms with Crippen molar-refractivity contribution in [2.45, 2.75) is 25.3 Å². The Morgan fingerprint density at radius 3 is 2.80 bits per heavy atom. The van der Waals surface area contributed by atoms with Crippen LogP contribution in [0.5, 0.6) is 0 Å². The van der Waals surface area contributed by atoms with Gasteiger partial charge in [-0.15, -0.1) is 0 Å². The molecule has 0 unspecified atom stereocenters. The monoisotopic (exact) mass is 268 g/mol. The number of amides is 1. The first-order valence-corrected chi connectivity index (χ1v) is 6.93. The predicted octanol–water partition coefficient (Wildman–Crippen LogP) is 1.95. The Hall–Kier alpha value is -2.17. The van der Waals surface area contributed by atoms with Crippen LogP contribution in [0.2, 0.25) is 0 Å². The Morgan fingerprint density at radius 2 is 2.05 bits per heavy atom. The zero-order chi connectivity index (χ0) is 13.9. The predicted molar refractivity (Wildman–Crippen MR) is 74.2 cm³/mol. The lowest BCUT2D eigenvalue weighted by molar-refractivity contribution is 0.0816. The van der Waals surface area contributed by atoms with Gasteiger partial charge >= 0.3 is 0 Å². The largest absolute Gasteiger partial charge is 0.337 e. The average Bonchev–Trinajstić information content (AvgIpc) is 3.14. The van der Waals surface area contributed by atoms with E-state index in [9.17, 15) is 4.79 Å². The molecule has 1 aromatic carbocycles. The molecule has 0 saturated heterocycles. The number of rotatable bonds is 2. The maximum Gasteiger partial charge on any atom is 0.254 e. The van der Waals surface area contributed by atoms with Crippen LogP contribution in [0.25, 0.3) is 11.4 Å². The summed E-state index contributed by atoms with van der Waals surface area (Å²) in [6.45, 7) is 0.671.